The molecule has 3 nitrogen and oxygen atoms in total. The molecule has 20 heavy (non-hydrogen) atoms. The Bertz CT molecular complexity index is 573. The first kappa shape index (κ1) is 13.8. The summed E-state index contributed by atoms with van der Waals surface area (Å²) in [5.74, 6) is 1.10. The fourth-order valence-corrected chi connectivity index (χ4v) is 2.63. The van der Waals surface area contributed by atoms with E-state index in [9.17, 15) is 4.79 Å². The highest BCUT2D eigenvalue weighted by atomic mass is 127. The Hall–Kier alpha value is -1.14. The Labute approximate surface area is 132 Å². The number of benzene rings is 1. The first-order valence-electron chi connectivity index (χ1n) is 6.77. The SMILES string of the molecule is O=C(CN(Cc1ccco1)C1CC1)c1ccc(I)cc1. The number of nitrogens with zero attached hydrogens (tertiary/aromatic N) is 1. The van der Waals surface area contributed by atoms with Crippen LogP contribution in [0.4, 0.5) is 0 Å². The van der Waals surface area contributed by atoms with E-state index >= 15 is 0 Å². The van der Waals surface area contributed by atoms with Gasteiger partial charge in [0.15, 0.2) is 5.78 Å². The van der Waals surface area contributed by atoms with Gasteiger partial charge >= 0.3 is 0 Å². The van der Waals surface area contributed by atoms with Gasteiger partial charge in [0.1, 0.15) is 5.76 Å². The molecule has 1 heterocycles. The zero-order valence-electron chi connectivity index (χ0n) is 11.1. The van der Waals surface area contributed by atoms with Crippen LogP contribution in [0.15, 0.2) is 47.1 Å². The second kappa shape index (κ2) is 6.10. The second-order valence-electron chi connectivity index (χ2n) is 5.15. The van der Waals surface area contributed by atoms with E-state index < -0.39 is 0 Å². The molecule has 1 saturated carbocycles. The van der Waals surface area contributed by atoms with Crippen LogP contribution in [0, 0.1) is 3.57 Å². The van der Waals surface area contributed by atoms with Gasteiger partial charge in [0, 0.05) is 15.2 Å². The summed E-state index contributed by atoms with van der Waals surface area (Å²) in [6.07, 6.45) is 4.04. The van der Waals surface area contributed by atoms with Crippen molar-refractivity contribution in [3.63, 3.8) is 0 Å². The molecule has 1 aliphatic carbocycles. The van der Waals surface area contributed by atoms with E-state index in [2.05, 4.69) is 27.5 Å². The highest BCUT2D eigenvalue weighted by Crippen LogP contribution is 2.28. The van der Waals surface area contributed by atoms with Crippen molar-refractivity contribution < 1.29 is 9.21 Å². The van der Waals surface area contributed by atoms with Gasteiger partial charge in [-0.3, -0.25) is 9.69 Å². The Balaban J connectivity index is 1.67. The third kappa shape index (κ3) is 3.49. The number of halogens is 1. The number of ketones is 1. The maximum absolute atomic E-state index is 12.4. The minimum absolute atomic E-state index is 0.180. The van der Waals surface area contributed by atoms with Crippen LogP contribution >= 0.6 is 22.6 Å². The van der Waals surface area contributed by atoms with Crippen molar-refractivity contribution in [2.24, 2.45) is 0 Å². The second-order valence-corrected chi connectivity index (χ2v) is 6.39. The molecule has 0 spiro atoms. The first-order chi connectivity index (χ1) is 9.72. The van der Waals surface area contributed by atoms with Gasteiger partial charge in [-0.2, -0.15) is 0 Å². The van der Waals surface area contributed by atoms with E-state index in [1.54, 1.807) is 6.26 Å². The summed E-state index contributed by atoms with van der Waals surface area (Å²) in [5, 5.41) is 0. The number of Topliss-reactive ketones (excluding diaryl/α,β-unsaturated/α-hetero) is 1. The number of hydrogen-bond acceptors (Lipinski definition) is 3. The lowest BCUT2D eigenvalue weighted by Crippen LogP contribution is -2.31. The molecular formula is C16H16INO2. The number of rotatable bonds is 6. The molecule has 2 aromatic rings. The number of furan rings is 1. The van der Waals surface area contributed by atoms with Gasteiger partial charge in [-0.25, -0.2) is 0 Å². The van der Waals surface area contributed by atoms with Gasteiger partial charge in [-0.1, -0.05) is 12.1 Å². The van der Waals surface area contributed by atoms with Crippen molar-refractivity contribution in [2.75, 3.05) is 6.54 Å². The lowest BCUT2D eigenvalue weighted by molar-refractivity contribution is 0.0913. The Morgan fingerprint density at radius 2 is 2.00 bits per heavy atom. The van der Waals surface area contributed by atoms with Crippen LogP contribution in [0.1, 0.15) is 29.0 Å². The van der Waals surface area contributed by atoms with Crippen LogP contribution in [0.3, 0.4) is 0 Å². The summed E-state index contributed by atoms with van der Waals surface area (Å²) in [4.78, 5) is 14.6. The van der Waals surface area contributed by atoms with Crippen molar-refractivity contribution >= 4 is 28.4 Å². The summed E-state index contributed by atoms with van der Waals surface area (Å²) in [5.41, 5.74) is 0.788. The van der Waals surface area contributed by atoms with Crippen LogP contribution < -0.4 is 0 Å². The van der Waals surface area contributed by atoms with Gasteiger partial charge in [0.05, 0.1) is 19.4 Å². The van der Waals surface area contributed by atoms with E-state index in [-0.39, 0.29) is 5.78 Å². The van der Waals surface area contributed by atoms with Crippen LogP contribution in [-0.4, -0.2) is 23.3 Å². The largest absolute Gasteiger partial charge is 0.468 e. The molecule has 104 valence electrons. The molecular weight excluding hydrogens is 365 g/mol. The van der Waals surface area contributed by atoms with Crippen LogP contribution in [-0.2, 0) is 6.54 Å². The number of hydrogen-bond donors (Lipinski definition) is 0. The third-order valence-electron chi connectivity index (χ3n) is 3.52. The Morgan fingerprint density at radius 1 is 1.25 bits per heavy atom. The molecule has 0 aliphatic heterocycles. The van der Waals surface area contributed by atoms with Gasteiger partial charge in [-0.05, 0) is 59.7 Å². The van der Waals surface area contributed by atoms with Gasteiger partial charge < -0.3 is 4.42 Å². The molecule has 3 rings (SSSR count). The zero-order valence-corrected chi connectivity index (χ0v) is 13.2. The van der Waals surface area contributed by atoms with E-state index in [1.165, 1.54) is 12.8 Å². The summed E-state index contributed by atoms with van der Waals surface area (Å²) >= 11 is 2.25. The van der Waals surface area contributed by atoms with Gasteiger partial charge in [0.25, 0.3) is 0 Å². The maximum atomic E-state index is 12.4. The molecule has 0 radical (unpaired) electrons. The van der Waals surface area contributed by atoms with Gasteiger partial charge in [0.2, 0.25) is 0 Å². The molecule has 1 aromatic heterocycles. The Morgan fingerprint density at radius 3 is 2.60 bits per heavy atom. The third-order valence-corrected chi connectivity index (χ3v) is 4.23. The fourth-order valence-electron chi connectivity index (χ4n) is 2.27. The van der Waals surface area contributed by atoms with Gasteiger partial charge in [-0.15, -0.1) is 0 Å². The molecule has 0 bridgehead atoms. The summed E-state index contributed by atoms with van der Waals surface area (Å²) in [6, 6.07) is 12.1. The molecule has 0 amide bonds. The minimum atomic E-state index is 0.180. The maximum Gasteiger partial charge on any atom is 0.176 e. The average Bonchev–Trinajstić information content (AvgIpc) is 3.17. The van der Waals surface area contributed by atoms with Crippen molar-refractivity contribution in [3.05, 3.63) is 57.6 Å². The molecule has 0 atom stereocenters. The summed E-state index contributed by atoms with van der Waals surface area (Å²) < 4.78 is 6.54. The molecule has 0 N–H and O–H groups in total. The highest BCUT2D eigenvalue weighted by Gasteiger charge is 2.30. The Kier molecular flexibility index (Phi) is 4.21. The van der Waals surface area contributed by atoms with Crippen LogP contribution in [0.2, 0.25) is 0 Å². The molecule has 4 heteroatoms. The van der Waals surface area contributed by atoms with E-state index in [0.29, 0.717) is 19.1 Å². The molecule has 0 unspecified atom stereocenters. The minimum Gasteiger partial charge on any atom is -0.468 e. The van der Waals surface area contributed by atoms with Crippen molar-refractivity contribution in [1.82, 2.24) is 4.90 Å². The predicted molar refractivity (Wildman–Crippen MR) is 85.6 cm³/mol. The average molecular weight is 381 g/mol. The summed E-state index contributed by atoms with van der Waals surface area (Å²) in [7, 11) is 0. The van der Waals surface area contributed by atoms with E-state index in [0.717, 1.165) is 14.9 Å². The molecule has 1 fully saturated rings. The zero-order chi connectivity index (χ0) is 13.9. The van der Waals surface area contributed by atoms with Crippen molar-refractivity contribution in [3.8, 4) is 0 Å². The molecule has 1 aromatic carbocycles. The van der Waals surface area contributed by atoms with E-state index in [4.69, 9.17) is 4.42 Å². The molecule has 1 aliphatic rings. The fraction of sp³-hybridized carbons (Fsp3) is 0.312. The smallest absolute Gasteiger partial charge is 0.176 e. The lowest BCUT2D eigenvalue weighted by Gasteiger charge is -2.19. The van der Waals surface area contributed by atoms with Crippen molar-refractivity contribution in [1.29, 1.82) is 0 Å². The lowest BCUT2D eigenvalue weighted by atomic mass is 10.1. The van der Waals surface area contributed by atoms with Crippen LogP contribution in [0.5, 0.6) is 0 Å². The highest BCUT2D eigenvalue weighted by molar-refractivity contribution is 14.1. The van der Waals surface area contributed by atoms with E-state index in [1.807, 2.05) is 36.4 Å². The number of carbonyl (C=O) groups is 1. The first-order valence-corrected chi connectivity index (χ1v) is 7.85. The monoisotopic (exact) mass is 381 g/mol. The summed E-state index contributed by atoms with van der Waals surface area (Å²) in [6.45, 7) is 1.18. The standard InChI is InChI=1S/C16H16INO2/c17-13-5-3-12(4-6-13)16(19)11-18(14-7-8-14)10-15-2-1-9-20-15/h1-6,9,14H,7-8,10-11H2. The topological polar surface area (TPSA) is 33.5 Å². The number of carbonyl (C=O) groups excluding carboxylic acids is 1. The van der Waals surface area contributed by atoms with Crippen LogP contribution in [0.25, 0.3) is 0 Å². The molecule has 0 saturated heterocycles. The predicted octanol–water partition coefficient (Wildman–Crippen LogP) is 3.73. The normalized spacial score (nSPS) is 14.7. The van der Waals surface area contributed by atoms with Crippen molar-refractivity contribution in [2.45, 2.75) is 25.4 Å². The quantitative estimate of drug-likeness (QED) is 0.565.